The minimum atomic E-state index is -4.01. The van der Waals surface area contributed by atoms with Crippen LogP contribution in [0.4, 0.5) is 14.9 Å². The van der Waals surface area contributed by atoms with Gasteiger partial charge in [-0.3, -0.25) is 10.1 Å². The SMILES string of the molecule is CCOC(=O)Nc1ccc2c(COC(=O)C3CCN(S(=O)(=O)c4ccccc4F)CC3)cc(=O)oc2c1. The molecule has 0 saturated carbocycles. The molecule has 37 heavy (non-hydrogen) atoms. The molecule has 0 aliphatic carbocycles. The molecule has 1 saturated heterocycles. The molecular weight excluding hydrogens is 507 g/mol. The predicted molar refractivity (Wildman–Crippen MR) is 131 cm³/mol. The number of nitrogens with zero attached hydrogens (tertiary/aromatic N) is 1. The number of halogens is 1. The Morgan fingerprint density at radius 2 is 1.84 bits per heavy atom. The summed E-state index contributed by atoms with van der Waals surface area (Å²) in [7, 11) is -4.01. The third-order valence-electron chi connectivity index (χ3n) is 5.96. The molecule has 1 aromatic heterocycles. The molecule has 0 atom stereocenters. The molecular formula is C25H25FN2O8S. The van der Waals surface area contributed by atoms with Gasteiger partial charge in [0, 0.05) is 41.9 Å². The van der Waals surface area contributed by atoms with Gasteiger partial charge in [-0.05, 0) is 44.0 Å². The lowest BCUT2D eigenvalue weighted by molar-refractivity contribution is -0.151. The molecule has 12 heteroatoms. The van der Waals surface area contributed by atoms with Crippen molar-refractivity contribution in [2.45, 2.75) is 31.3 Å². The highest BCUT2D eigenvalue weighted by Crippen LogP contribution is 2.27. The Morgan fingerprint density at radius 1 is 1.11 bits per heavy atom. The molecule has 2 aromatic carbocycles. The fourth-order valence-corrected chi connectivity index (χ4v) is 5.64. The largest absolute Gasteiger partial charge is 0.461 e. The Labute approximate surface area is 212 Å². The van der Waals surface area contributed by atoms with Gasteiger partial charge in [0.1, 0.15) is 22.9 Å². The number of rotatable bonds is 7. The maximum Gasteiger partial charge on any atom is 0.411 e. The molecule has 4 rings (SSSR count). The van der Waals surface area contributed by atoms with Gasteiger partial charge in [-0.1, -0.05) is 12.1 Å². The zero-order chi connectivity index (χ0) is 26.6. The quantitative estimate of drug-likeness (QED) is 0.360. The molecule has 2 heterocycles. The summed E-state index contributed by atoms with van der Waals surface area (Å²) in [5.74, 6) is -1.89. The second kappa shape index (κ2) is 11.1. The number of sulfonamides is 1. The summed E-state index contributed by atoms with van der Waals surface area (Å²) in [6.45, 7) is 1.77. The van der Waals surface area contributed by atoms with Gasteiger partial charge in [0.15, 0.2) is 0 Å². The molecule has 3 aromatic rings. The molecule has 0 unspecified atom stereocenters. The van der Waals surface area contributed by atoms with E-state index in [1.54, 1.807) is 19.1 Å². The van der Waals surface area contributed by atoms with E-state index < -0.39 is 44.3 Å². The maximum atomic E-state index is 14.0. The molecule has 1 aliphatic rings. The van der Waals surface area contributed by atoms with E-state index >= 15 is 0 Å². The van der Waals surface area contributed by atoms with Gasteiger partial charge in [-0.25, -0.2) is 22.4 Å². The summed E-state index contributed by atoms with van der Waals surface area (Å²) in [6, 6.07) is 11.1. The third-order valence-corrected chi connectivity index (χ3v) is 7.90. The summed E-state index contributed by atoms with van der Waals surface area (Å²) in [6.07, 6.45) is -0.220. The van der Waals surface area contributed by atoms with Crippen LogP contribution in [0.15, 0.2) is 62.6 Å². The van der Waals surface area contributed by atoms with Crippen LogP contribution in [-0.4, -0.2) is 44.5 Å². The highest BCUT2D eigenvalue weighted by Gasteiger charge is 2.34. The van der Waals surface area contributed by atoms with Crippen molar-refractivity contribution in [2.24, 2.45) is 5.92 Å². The Balaban J connectivity index is 1.39. The minimum Gasteiger partial charge on any atom is -0.461 e. The van der Waals surface area contributed by atoms with Crippen molar-refractivity contribution in [3.05, 3.63) is 70.3 Å². The Morgan fingerprint density at radius 3 is 2.54 bits per heavy atom. The number of carbonyl (C=O) groups excluding carboxylic acids is 2. The summed E-state index contributed by atoms with van der Waals surface area (Å²) < 4.78 is 56.2. The predicted octanol–water partition coefficient (Wildman–Crippen LogP) is 3.64. The van der Waals surface area contributed by atoms with Crippen LogP contribution < -0.4 is 10.9 Å². The molecule has 1 aliphatic heterocycles. The standard InChI is InChI=1S/C25H25FN2O8S/c1-2-34-25(31)27-18-7-8-19-17(13-23(29)36-21(19)14-18)15-35-24(30)16-9-11-28(12-10-16)37(32,33)22-6-4-3-5-20(22)26/h3-8,13-14,16H,2,9-12,15H2,1H3,(H,27,31). The molecule has 0 radical (unpaired) electrons. The van der Waals surface area contributed by atoms with E-state index in [9.17, 15) is 27.2 Å². The average molecular weight is 533 g/mol. The lowest BCUT2D eigenvalue weighted by atomic mass is 9.98. The lowest BCUT2D eigenvalue weighted by Crippen LogP contribution is -2.40. The first-order valence-electron chi connectivity index (χ1n) is 11.6. The summed E-state index contributed by atoms with van der Waals surface area (Å²) in [4.78, 5) is 36.0. The number of benzene rings is 2. The summed E-state index contributed by atoms with van der Waals surface area (Å²) in [5.41, 5.74) is 0.320. The van der Waals surface area contributed by atoms with E-state index in [1.165, 1.54) is 30.3 Å². The van der Waals surface area contributed by atoms with Crippen molar-refractivity contribution in [1.29, 1.82) is 0 Å². The number of carbonyl (C=O) groups is 2. The third kappa shape index (κ3) is 5.97. The molecule has 1 fully saturated rings. The second-order valence-corrected chi connectivity index (χ2v) is 10.3. The van der Waals surface area contributed by atoms with Gasteiger partial charge < -0.3 is 13.9 Å². The first-order chi connectivity index (χ1) is 17.7. The number of esters is 1. The van der Waals surface area contributed by atoms with Gasteiger partial charge in [0.25, 0.3) is 0 Å². The van der Waals surface area contributed by atoms with Crippen molar-refractivity contribution in [1.82, 2.24) is 4.31 Å². The van der Waals surface area contributed by atoms with Gasteiger partial charge in [0.2, 0.25) is 10.0 Å². The van der Waals surface area contributed by atoms with Gasteiger partial charge in [-0.2, -0.15) is 4.31 Å². The first kappa shape index (κ1) is 26.3. The normalized spacial score (nSPS) is 14.9. The highest BCUT2D eigenvalue weighted by molar-refractivity contribution is 7.89. The molecule has 196 valence electrons. The molecule has 1 amide bonds. The monoisotopic (exact) mass is 532 g/mol. The fourth-order valence-electron chi connectivity index (χ4n) is 4.10. The van der Waals surface area contributed by atoms with Crippen LogP contribution in [0, 0.1) is 11.7 Å². The smallest absolute Gasteiger partial charge is 0.411 e. The zero-order valence-corrected chi connectivity index (χ0v) is 20.8. The van der Waals surface area contributed by atoms with E-state index in [0.717, 1.165) is 10.4 Å². The van der Waals surface area contributed by atoms with Crippen LogP contribution >= 0.6 is 0 Å². The van der Waals surface area contributed by atoms with E-state index in [0.29, 0.717) is 16.6 Å². The molecule has 0 spiro atoms. The van der Waals surface area contributed by atoms with Crippen LogP contribution in [0.1, 0.15) is 25.3 Å². The van der Waals surface area contributed by atoms with E-state index in [4.69, 9.17) is 13.9 Å². The zero-order valence-electron chi connectivity index (χ0n) is 19.9. The molecule has 10 nitrogen and oxygen atoms in total. The second-order valence-electron chi connectivity index (χ2n) is 8.36. The van der Waals surface area contributed by atoms with Crippen LogP contribution in [-0.2, 0) is 30.9 Å². The number of anilines is 1. The van der Waals surface area contributed by atoms with Crippen molar-refractivity contribution in [3.63, 3.8) is 0 Å². The Bertz CT molecular complexity index is 1480. The number of fused-ring (bicyclic) bond motifs is 1. The van der Waals surface area contributed by atoms with E-state index in [2.05, 4.69) is 5.32 Å². The van der Waals surface area contributed by atoms with Crippen LogP contribution in [0.25, 0.3) is 11.0 Å². The maximum absolute atomic E-state index is 14.0. The number of nitrogens with one attached hydrogen (secondary N) is 1. The highest BCUT2D eigenvalue weighted by atomic mass is 32.2. The van der Waals surface area contributed by atoms with Gasteiger partial charge in [0.05, 0.1) is 12.5 Å². The van der Waals surface area contributed by atoms with Crippen LogP contribution in [0.3, 0.4) is 0 Å². The summed E-state index contributed by atoms with van der Waals surface area (Å²) in [5, 5.41) is 3.04. The van der Waals surface area contributed by atoms with Crippen LogP contribution in [0.5, 0.6) is 0 Å². The summed E-state index contributed by atoms with van der Waals surface area (Å²) >= 11 is 0. The van der Waals surface area contributed by atoms with Crippen molar-refractivity contribution >= 4 is 38.7 Å². The number of ether oxygens (including phenoxy) is 2. The number of piperidine rings is 1. The Kier molecular flexibility index (Phi) is 7.89. The van der Waals surface area contributed by atoms with Gasteiger partial charge >= 0.3 is 17.7 Å². The van der Waals surface area contributed by atoms with Gasteiger partial charge in [-0.15, -0.1) is 0 Å². The topological polar surface area (TPSA) is 132 Å². The van der Waals surface area contributed by atoms with E-state index in [1.807, 2.05) is 0 Å². The number of hydrogen-bond acceptors (Lipinski definition) is 8. The van der Waals surface area contributed by atoms with E-state index in [-0.39, 0.29) is 44.7 Å². The Hall–Kier alpha value is -3.77. The van der Waals surface area contributed by atoms with Crippen molar-refractivity contribution in [2.75, 3.05) is 25.0 Å². The van der Waals surface area contributed by atoms with Crippen molar-refractivity contribution < 1.29 is 36.3 Å². The number of hydrogen-bond donors (Lipinski definition) is 1. The minimum absolute atomic E-state index is 0.0462. The molecule has 0 bridgehead atoms. The number of amides is 1. The first-order valence-corrected chi connectivity index (χ1v) is 13.0. The average Bonchev–Trinajstić information content (AvgIpc) is 2.87. The lowest BCUT2D eigenvalue weighted by Gasteiger charge is -2.30. The molecule has 1 N–H and O–H groups in total. The van der Waals surface area contributed by atoms with Crippen LogP contribution in [0.2, 0.25) is 0 Å². The van der Waals surface area contributed by atoms with Crippen molar-refractivity contribution in [3.8, 4) is 0 Å². The fraction of sp³-hybridized carbons (Fsp3) is 0.320.